The fourth-order valence-corrected chi connectivity index (χ4v) is 7.14. The third-order valence-electron chi connectivity index (χ3n) is 8.92. The third-order valence-corrected chi connectivity index (χ3v) is 8.92. The highest BCUT2D eigenvalue weighted by atomic mass is 16.3. The second kappa shape index (κ2) is 7.22. The average Bonchev–Trinajstić information content (AvgIpc) is 3.66. The molecule has 186 valence electrons. The Morgan fingerprint density at radius 1 is 0.675 bits per heavy atom. The van der Waals surface area contributed by atoms with Crippen molar-refractivity contribution in [2.75, 3.05) is 5.32 Å². The van der Waals surface area contributed by atoms with E-state index < -0.39 is 0 Å². The van der Waals surface area contributed by atoms with Gasteiger partial charge >= 0.3 is 0 Å². The maximum Gasteiger partial charge on any atom is 0.160 e. The lowest BCUT2D eigenvalue weighted by Gasteiger charge is -2.24. The summed E-state index contributed by atoms with van der Waals surface area (Å²) in [6, 6.07) is 33.1. The molecule has 3 heteroatoms. The lowest BCUT2D eigenvalue weighted by atomic mass is 9.95. The Kier molecular flexibility index (Phi) is 3.73. The van der Waals surface area contributed by atoms with Gasteiger partial charge in [0.1, 0.15) is 11.4 Å². The normalized spacial score (nSPS) is 16.4. The molecule has 2 aliphatic rings. The topological polar surface area (TPSA) is 29.6 Å². The van der Waals surface area contributed by atoms with Gasteiger partial charge in [0, 0.05) is 32.5 Å². The van der Waals surface area contributed by atoms with Crippen LogP contribution in [0, 0.1) is 0 Å². The van der Waals surface area contributed by atoms with Crippen molar-refractivity contribution in [1.82, 2.24) is 4.40 Å². The summed E-state index contributed by atoms with van der Waals surface area (Å²) in [5, 5.41) is 12.4. The number of nitrogens with zero attached hydrogens (tertiary/aromatic N) is 1. The number of hydrogen-bond acceptors (Lipinski definition) is 2. The number of hydrogen-bond donors (Lipinski definition) is 1. The van der Waals surface area contributed by atoms with Crippen LogP contribution < -0.4 is 5.32 Å². The van der Waals surface area contributed by atoms with Crippen LogP contribution in [0.1, 0.15) is 5.56 Å². The molecule has 8 aromatic rings. The van der Waals surface area contributed by atoms with E-state index in [4.69, 9.17) is 4.42 Å². The Hall–Kier alpha value is -5.28. The first-order valence-electron chi connectivity index (χ1n) is 13.8. The number of para-hydroxylation sites is 1. The van der Waals surface area contributed by atoms with Gasteiger partial charge in [-0.05, 0) is 51.7 Å². The van der Waals surface area contributed by atoms with E-state index in [9.17, 15) is 0 Å². The molecular formula is C37H22N2O. The minimum Gasteiger partial charge on any atom is -0.454 e. The number of aromatic nitrogens is 1. The second-order valence-corrected chi connectivity index (χ2v) is 11.0. The van der Waals surface area contributed by atoms with Crippen LogP contribution in [-0.2, 0) is 0 Å². The molecule has 0 fully saturated rings. The lowest BCUT2D eigenvalue weighted by molar-refractivity contribution is 0.671. The molecule has 0 amide bonds. The standard InChI is InChI=1S/C37H22N2O/c1-3-10-24-21(7-1)9-5-11-25(24)22-15-16-26-30-18-17-29-27-12-6-13-28-31-19-23-8-2-4-14-32(23)38-37(31)39(34(27)28)35(29)36(30)40-33(26)20-22/h1-20,32,38H. The lowest BCUT2D eigenvalue weighted by Crippen LogP contribution is -2.24. The molecule has 1 aliphatic carbocycles. The summed E-state index contributed by atoms with van der Waals surface area (Å²) in [5.41, 5.74) is 9.17. The van der Waals surface area contributed by atoms with E-state index in [0.717, 1.165) is 33.3 Å². The van der Waals surface area contributed by atoms with Crippen molar-refractivity contribution in [1.29, 1.82) is 0 Å². The van der Waals surface area contributed by atoms with E-state index in [1.54, 1.807) is 0 Å². The number of furan rings is 1. The highest BCUT2D eigenvalue weighted by Gasteiger charge is 2.28. The van der Waals surface area contributed by atoms with Gasteiger partial charge in [-0.2, -0.15) is 0 Å². The Morgan fingerprint density at radius 2 is 1.48 bits per heavy atom. The van der Waals surface area contributed by atoms with E-state index in [1.807, 2.05) is 0 Å². The number of fused-ring (bicyclic) bond motifs is 12. The first-order chi connectivity index (χ1) is 19.8. The van der Waals surface area contributed by atoms with Crippen molar-refractivity contribution in [3.63, 3.8) is 0 Å². The van der Waals surface area contributed by atoms with E-state index in [2.05, 4.69) is 131 Å². The molecule has 0 spiro atoms. The number of benzene rings is 5. The predicted octanol–water partition coefficient (Wildman–Crippen LogP) is 9.71. The van der Waals surface area contributed by atoms with Gasteiger partial charge in [0.25, 0.3) is 0 Å². The zero-order chi connectivity index (χ0) is 25.9. The summed E-state index contributed by atoms with van der Waals surface area (Å²) >= 11 is 0. The molecule has 3 aromatic heterocycles. The number of allylic oxidation sites excluding steroid dienone is 2. The summed E-state index contributed by atoms with van der Waals surface area (Å²) in [4.78, 5) is 0. The van der Waals surface area contributed by atoms with Crippen LogP contribution in [0.2, 0.25) is 0 Å². The molecule has 0 saturated carbocycles. The first kappa shape index (κ1) is 20.7. The van der Waals surface area contributed by atoms with Gasteiger partial charge in [-0.3, -0.25) is 4.40 Å². The van der Waals surface area contributed by atoms with Crippen molar-refractivity contribution in [2.45, 2.75) is 6.04 Å². The fourth-order valence-electron chi connectivity index (χ4n) is 7.14. The molecule has 10 rings (SSSR count). The van der Waals surface area contributed by atoms with Gasteiger partial charge < -0.3 is 9.73 Å². The minimum absolute atomic E-state index is 0.170. The monoisotopic (exact) mass is 510 g/mol. The van der Waals surface area contributed by atoms with Crippen LogP contribution in [0.4, 0.5) is 5.82 Å². The van der Waals surface area contributed by atoms with Crippen molar-refractivity contribution >= 4 is 71.8 Å². The first-order valence-corrected chi connectivity index (χ1v) is 13.8. The van der Waals surface area contributed by atoms with Crippen LogP contribution in [0.5, 0.6) is 0 Å². The molecule has 1 aliphatic heterocycles. The van der Waals surface area contributed by atoms with Crippen molar-refractivity contribution < 1.29 is 4.42 Å². The summed E-state index contributed by atoms with van der Waals surface area (Å²) in [5.74, 6) is 1.14. The van der Waals surface area contributed by atoms with Crippen LogP contribution >= 0.6 is 0 Å². The van der Waals surface area contributed by atoms with Crippen LogP contribution in [0.3, 0.4) is 0 Å². The van der Waals surface area contributed by atoms with Crippen molar-refractivity contribution in [3.8, 4) is 11.1 Å². The molecule has 1 N–H and O–H groups in total. The van der Waals surface area contributed by atoms with Gasteiger partial charge in [-0.15, -0.1) is 0 Å². The maximum absolute atomic E-state index is 6.81. The van der Waals surface area contributed by atoms with Crippen molar-refractivity contribution in [2.24, 2.45) is 0 Å². The van der Waals surface area contributed by atoms with E-state index >= 15 is 0 Å². The Morgan fingerprint density at radius 3 is 2.48 bits per heavy atom. The van der Waals surface area contributed by atoms with Gasteiger partial charge in [0.2, 0.25) is 0 Å². The zero-order valence-corrected chi connectivity index (χ0v) is 21.5. The molecule has 1 atom stereocenters. The third kappa shape index (κ3) is 2.50. The Bertz CT molecular complexity index is 2460. The molecule has 1 unspecified atom stereocenters. The smallest absolute Gasteiger partial charge is 0.160 e. The SMILES string of the molecule is C1=CC2=Cc3c(n4c5c3cccc5c3ccc5c6ccc(-c7cccc8ccccc78)cc6oc5c34)NC2C=C1. The van der Waals surface area contributed by atoms with Gasteiger partial charge in [0.15, 0.2) is 5.58 Å². The number of anilines is 1. The summed E-state index contributed by atoms with van der Waals surface area (Å²) in [6.45, 7) is 0. The number of rotatable bonds is 1. The molecule has 40 heavy (non-hydrogen) atoms. The molecule has 3 nitrogen and oxygen atoms in total. The average molecular weight is 511 g/mol. The Labute approximate surface area is 229 Å². The summed E-state index contributed by atoms with van der Waals surface area (Å²) in [6.07, 6.45) is 11.0. The molecule has 0 radical (unpaired) electrons. The van der Waals surface area contributed by atoms with Gasteiger partial charge in [-0.1, -0.05) is 97.1 Å². The number of nitrogens with one attached hydrogen (secondary N) is 1. The molecular weight excluding hydrogens is 488 g/mol. The van der Waals surface area contributed by atoms with Gasteiger partial charge in [-0.25, -0.2) is 0 Å². The van der Waals surface area contributed by atoms with Crippen LogP contribution in [0.15, 0.2) is 125 Å². The van der Waals surface area contributed by atoms with Crippen molar-refractivity contribution in [3.05, 3.63) is 126 Å². The quantitative estimate of drug-likeness (QED) is 0.238. The van der Waals surface area contributed by atoms with E-state index in [-0.39, 0.29) is 6.04 Å². The maximum atomic E-state index is 6.81. The summed E-state index contributed by atoms with van der Waals surface area (Å²) in [7, 11) is 0. The molecule has 5 aromatic carbocycles. The largest absolute Gasteiger partial charge is 0.454 e. The highest BCUT2D eigenvalue weighted by Crippen LogP contribution is 2.46. The highest BCUT2D eigenvalue weighted by molar-refractivity contribution is 6.25. The van der Waals surface area contributed by atoms with Gasteiger partial charge in [0.05, 0.1) is 17.1 Å². The minimum atomic E-state index is 0.170. The Balaban J connectivity index is 1.29. The predicted molar refractivity (Wildman–Crippen MR) is 167 cm³/mol. The molecule has 0 bridgehead atoms. The van der Waals surface area contributed by atoms with E-state index in [1.165, 1.54) is 54.7 Å². The van der Waals surface area contributed by atoms with Crippen LogP contribution in [-0.4, -0.2) is 10.4 Å². The molecule has 4 heterocycles. The van der Waals surface area contributed by atoms with E-state index in [0.29, 0.717) is 0 Å². The second-order valence-electron chi connectivity index (χ2n) is 11.0. The molecule has 0 saturated heterocycles. The zero-order valence-electron chi connectivity index (χ0n) is 21.5. The fraction of sp³-hybridized carbons (Fsp3) is 0.0270. The van der Waals surface area contributed by atoms with Crippen LogP contribution in [0.25, 0.3) is 77.1 Å². The summed E-state index contributed by atoms with van der Waals surface area (Å²) < 4.78 is 9.22.